The second-order valence-corrected chi connectivity index (χ2v) is 6.62. The van der Waals surface area contributed by atoms with E-state index in [1.165, 1.54) is 0 Å². The molecule has 0 atom stereocenters. The Bertz CT molecular complexity index is 828. The number of non-ortho nitro benzene ring substituents is 1. The summed E-state index contributed by atoms with van der Waals surface area (Å²) in [5.74, 6) is 0.833. The fourth-order valence-corrected chi connectivity index (χ4v) is 3.31. The number of piperazine rings is 1. The van der Waals surface area contributed by atoms with Crippen LogP contribution in [0.3, 0.4) is 0 Å². The normalized spacial score (nSPS) is 14.8. The minimum absolute atomic E-state index is 0.0434. The van der Waals surface area contributed by atoms with Crippen molar-refractivity contribution < 1.29 is 14.5 Å². The van der Waals surface area contributed by atoms with Crippen molar-refractivity contribution in [2.24, 2.45) is 0 Å². The number of hydrogen-bond acceptors (Lipinski definition) is 6. The molecule has 3 rings (SSSR count). The van der Waals surface area contributed by atoms with E-state index < -0.39 is 0 Å². The third-order valence-electron chi connectivity index (χ3n) is 4.88. The van der Waals surface area contributed by atoms with Crippen molar-refractivity contribution >= 4 is 17.2 Å². The van der Waals surface area contributed by atoms with Crippen LogP contribution in [0.4, 0.5) is 11.4 Å². The lowest BCUT2D eigenvalue weighted by Crippen LogP contribution is -2.46. The molecule has 0 unspecified atom stereocenters. The molecule has 27 heavy (non-hydrogen) atoms. The Morgan fingerprint density at radius 1 is 1.11 bits per heavy atom. The average Bonchev–Trinajstić information content (AvgIpc) is 2.68. The van der Waals surface area contributed by atoms with Gasteiger partial charge in [0.05, 0.1) is 12.0 Å². The molecule has 0 saturated carbocycles. The Balaban J connectivity index is 1.63. The first-order valence-corrected chi connectivity index (χ1v) is 8.87. The molecular weight excluding hydrogens is 346 g/mol. The summed E-state index contributed by atoms with van der Waals surface area (Å²) in [5, 5.41) is 10.8. The highest BCUT2D eigenvalue weighted by atomic mass is 16.6. The van der Waals surface area contributed by atoms with Crippen LogP contribution in [0.25, 0.3) is 0 Å². The van der Waals surface area contributed by atoms with Crippen LogP contribution in [-0.4, -0.2) is 48.9 Å². The zero-order valence-electron chi connectivity index (χ0n) is 15.6. The Morgan fingerprint density at radius 3 is 2.33 bits per heavy atom. The monoisotopic (exact) mass is 369 g/mol. The molecule has 0 aliphatic carbocycles. The van der Waals surface area contributed by atoms with Gasteiger partial charge in [-0.05, 0) is 37.3 Å². The smallest absolute Gasteiger partial charge is 0.269 e. The summed E-state index contributed by atoms with van der Waals surface area (Å²) >= 11 is 0. The lowest BCUT2D eigenvalue weighted by atomic mass is 10.1. The third-order valence-corrected chi connectivity index (χ3v) is 4.88. The first-order chi connectivity index (χ1) is 13.0. The summed E-state index contributed by atoms with van der Waals surface area (Å²) in [5.41, 5.74) is 2.80. The molecule has 1 saturated heterocycles. The van der Waals surface area contributed by atoms with Crippen molar-refractivity contribution in [3.8, 4) is 5.75 Å². The predicted octanol–water partition coefficient (Wildman–Crippen LogP) is 3.13. The fraction of sp³-hybridized carbons (Fsp3) is 0.350. The van der Waals surface area contributed by atoms with E-state index in [0.717, 1.165) is 49.7 Å². The summed E-state index contributed by atoms with van der Waals surface area (Å²) in [6.45, 7) is 5.70. The topological polar surface area (TPSA) is 75.9 Å². The van der Waals surface area contributed by atoms with Crippen molar-refractivity contribution in [1.29, 1.82) is 0 Å². The largest absolute Gasteiger partial charge is 0.496 e. The Morgan fingerprint density at radius 2 is 1.78 bits per heavy atom. The third kappa shape index (κ3) is 4.43. The SMILES string of the molecule is COc1ccc(C(C)=O)cc1CN1CCN(c2ccc([N+](=O)[O-])cc2)CC1. The molecule has 0 amide bonds. The maximum Gasteiger partial charge on any atom is 0.269 e. The van der Waals surface area contributed by atoms with Crippen LogP contribution in [-0.2, 0) is 6.54 Å². The van der Waals surface area contributed by atoms with Crippen molar-refractivity contribution in [3.05, 3.63) is 63.7 Å². The van der Waals surface area contributed by atoms with Gasteiger partial charge in [-0.2, -0.15) is 0 Å². The van der Waals surface area contributed by atoms with Crippen LogP contribution < -0.4 is 9.64 Å². The standard InChI is InChI=1S/C20H23N3O4/c1-15(24)16-3-8-20(27-2)17(13-16)14-21-9-11-22(12-10-21)18-4-6-19(7-5-18)23(25)26/h3-8,13H,9-12,14H2,1-2H3. The zero-order valence-corrected chi connectivity index (χ0v) is 15.6. The van der Waals surface area contributed by atoms with Crippen LogP contribution >= 0.6 is 0 Å². The highest BCUT2D eigenvalue weighted by Crippen LogP contribution is 2.24. The van der Waals surface area contributed by atoms with Crippen molar-refractivity contribution in [1.82, 2.24) is 4.90 Å². The number of ether oxygens (including phenoxy) is 1. The fourth-order valence-electron chi connectivity index (χ4n) is 3.31. The van der Waals surface area contributed by atoms with E-state index in [4.69, 9.17) is 4.74 Å². The number of rotatable bonds is 6. The second-order valence-electron chi connectivity index (χ2n) is 6.62. The van der Waals surface area contributed by atoms with Crippen LogP contribution in [0.1, 0.15) is 22.8 Å². The molecule has 1 aliphatic rings. The molecule has 0 spiro atoms. The molecule has 0 radical (unpaired) electrons. The van der Waals surface area contributed by atoms with E-state index in [-0.39, 0.29) is 16.4 Å². The predicted molar refractivity (Wildman–Crippen MR) is 104 cm³/mol. The molecule has 0 N–H and O–H groups in total. The maximum atomic E-state index is 11.7. The Hall–Kier alpha value is -2.93. The summed E-state index contributed by atoms with van der Waals surface area (Å²) in [6.07, 6.45) is 0. The molecule has 0 aromatic heterocycles. The van der Waals surface area contributed by atoms with Gasteiger partial charge in [0, 0.05) is 61.7 Å². The van der Waals surface area contributed by atoms with E-state index in [2.05, 4.69) is 9.80 Å². The van der Waals surface area contributed by atoms with Gasteiger partial charge in [-0.3, -0.25) is 19.8 Å². The number of ketones is 1. The van der Waals surface area contributed by atoms with Gasteiger partial charge in [0.2, 0.25) is 0 Å². The number of nitro groups is 1. The van der Waals surface area contributed by atoms with Gasteiger partial charge in [0.25, 0.3) is 5.69 Å². The summed E-state index contributed by atoms with van der Waals surface area (Å²) in [6, 6.07) is 12.2. The van der Waals surface area contributed by atoms with Gasteiger partial charge in [-0.25, -0.2) is 0 Å². The van der Waals surface area contributed by atoms with E-state index in [9.17, 15) is 14.9 Å². The molecule has 142 valence electrons. The lowest BCUT2D eigenvalue weighted by Gasteiger charge is -2.36. The van der Waals surface area contributed by atoms with E-state index in [1.54, 1.807) is 44.4 Å². The first-order valence-electron chi connectivity index (χ1n) is 8.87. The summed E-state index contributed by atoms with van der Waals surface area (Å²) < 4.78 is 5.44. The molecule has 1 fully saturated rings. The number of anilines is 1. The van der Waals surface area contributed by atoms with Gasteiger partial charge in [0.15, 0.2) is 5.78 Å². The Labute approximate surface area is 158 Å². The minimum Gasteiger partial charge on any atom is -0.496 e. The van der Waals surface area contributed by atoms with Crippen LogP contribution in [0.5, 0.6) is 5.75 Å². The quantitative estimate of drug-likeness (QED) is 0.442. The van der Waals surface area contributed by atoms with Crippen LogP contribution in [0.2, 0.25) is 0 Å². The van der Waals surface area contributed by atoms with E-state index in [1.807, 2.05) is 12.1 Å². The number of hydrogen-bond donors (Lipinski definition) is 0. The molecule has 2 aromatic rings. The molecule has 0 bridgehead atoms. The highest BCUT2D eigenvalue weighted by Gasteiger charge is 2.19. The van der Waals surface area contributed by atoms with Crippen molar-refractivity contribution in [3.63, 3.8) is 0 Å². The molecule has 1 heterocycles. The first kappa shape index (κ1) is 18.8. The van der Waals surface area contributed by atoms with Crippen molar-refractivity contribution in [2.45, 2.75) is 13.5 Å². The maximum absolute atomic E-state index is 11.7. The number of carbonyl (C=O) groups is 1. The number of nitro benzene ring substituents is 1. The number of nitrogens with zero attached hydrogens (tertiary/aromatic N) is 3. The molecule has 7 nitrogen and oxygen atoms in total. The van der Waals surface area contributed by atoms with Crippen LogP contribution in [0, 0.1) is 10.1 Å². The number of carbonyl (C=O) groups excluding carboxylic acids is 1. The van der Waals surface area contributed by atoms with Gasteiger partial charge in [-0.15, -0.1) is 0 Å². The average molecular weight is 369 g/mol. The minimum atomic E-state index is -0.385. The number of benzene rings is 2. The van der Waals surface area contributed by atoms with Crippen LogP contribution in [0.15, 0.2) is 42.5 Å². The van der Waals surface area contributed by atoms with Gasteiger partial charge < -0.3 is 9.64 Å². The second kappa shape index (κ2) is 8.18. The number of methoxy groups -OCH3 is 1. The van der Waals surface area contributed by atoms with Gasteiger partial charge in [-0.1, -0.05) is 0 Å². The summed E-state index contributed by atoms with van der Waals surface area (Å²) in [4.78, 5) is 26.6. The molecular formula is C20H23N3O4. The molecule has 1 aliphatic heterocycles. The Kier molecular flexibility index (Phi) is 5.71. The highest BCUT2D eigenvalue weighted by molar-refractivity contribution is 5.94. The van der Waals surface area contributed by atoms with Crippen molar-refractivity contribution in [2.75, 3.05) is 38.2 Å². The number of Topliss-reactive ketones (excluding diaryl/α,β-unsaturated/α-hetero) is 1. The molecule has 2 aromatic carbocycles. The van der Waals surface area contributed by atoms with E-state index in [0.29, 0.717) is 5.56 Å². The van der Waals surface area contributed by atoms with E-state index >= 15 is 0 Å². The zero-order chi connectivity index (χ0) is 19.4. The van der Waals surface area contributed by atoms with Gasteiger partial charge >= 0.3 is 0 Å². The summed E-state index contributed by atoms with van der Waals surface area (Å²) in [7, 11) is 1.64. The molecule has 7 heteroatoms. The van der Waals surface area contributed by atoms with Gasteiger partial charge in [0.1, 0.15) is 5.75 Å². The lowest BCUT2D eigenvalue weighted by molar-refractivity contribution is -0.384.